The Bertz CT molecular complexity index is 930. The van der Waals surface area contributed by atoms with E-state index in [4.69, 9.17) is 15.6 Å². The number of anilines is 1. The summed E-state index contributed by atoms with van der Waals surface area (Å²) in [7, 11) is 0. The number of carbonyl (C=O) groups excluding carboxylic acids is 2. The highest BCUT2D eigenvalue weighted by molar-refractivity contribution is 6.08. The third-order valence-corrected chi connectivity index (χ3v) is 4.72. The van der Waals surface area contributed by atoms with Gasteiger partial charge in [0.15, 0.2) is 0 Å². The number of likely N-dealkylation sites (tertiary alicyclic amines) is 1. The van der Waals surface area contributed by atoms with Crippen molar-refractivity contribution in [2.24, 2.45) is 5.73 Å². The Labute approximate surface area is 183 Å². The van der Waals surface area contributed by atoms with E-state index in [1.165, 1.54) is 0 Å². The van der Waals surface area contributed by atoms with Crippen molar-refractivity contribution >= 4 is 23.5 Å². The summed E-state index contributed by atoms with van der Waals surface area (Å²) in [5.74, 6) is -2.95. The molecule has 1 aliphatic heterocycles. The summed E-state index contributed by atoms with van der Waals surface area (Å²) in [6, 6.07) is 16.6. The zero-order chi connectivity index (χ0) is 23.7. The van der Waals surface area contributed by atoms with Crippen LogP contribution in [-0.2, 0) is 16.1 Å². The molecule has 0 aliphatic carbocycles. The highest BCUT2D eigenvalue weighted by atomic mass is 19.4. The molecular formula is C22H24F3N3O4. The molecule has 10 heteroatoms. The predicted octanol–water partition coefficient (Wildman–Crippen LogP) is 3.05. The smallest absolute Gasteiger partial charge is 0.475 e. The number of aliphatic carboxylic acids is 1. The van der Waals surface area contributed by atoms with Gasteiger partial charge in [-0.3, -0.25) is 14.5 Å². The van der Waals surface area contributed by atoms with Crippen molar-refractivity contribution in [2.45, 2.75) is 25.6 Å². The van der Waals surface area contributed by atoms with Crippen LogP contribution in [0.2, 0.25) is 0 Å². The maximum atomic E-state index is 13.1. The number of carbonyl (C=O) groups is 3. The van der Waals surface area contributed by atoms with Crippen LogP contribution in [0.15, 0.2) is 54.6 Å². The van der Waals surface area contributed by atoms with Crippen LogP contribution < -0.4 is 10.6 Å². The first kappa shape index (κ1) is 24.9. The van der Waals surface area contributed by atoms with E-state index in [1.54, 1.807) is 17.0 Å². The zero-order valence-electron chi connectivity index (χ0n) is 17.2. The minimum atomic E-state index is -5.08. The minimum absolute atomic E-state index is 0.00955. The number of rotatable bonds is 5. The van der Waals surface area contributed by atoms with Crippen molar-refractivity contribution in [3.63, 3.8) is 0 Å². The highest BCUT2D eigenvalue weighted by Crippen LogP contribution is 2.19. The molecule has 2 aromatic carbocycles. The molecule has 2 aromatic rings. The Balaban J connectivity index is 0.000000451. The Morgan fingerprint density at radius 3 is 2.12 bits per heavy atom. The molecule has 1 heterocycles. The number of amides is 2. The van der Waals surface area contributed by atoms with Gasteiger partial charge < -0.3 is 15.7 Å². The molecule has 0 bridgehead atoms. The lowest BCUT2D eigenvalue weighted by Gasteiger charge is -2.25. The van der Waals surface area contributed by atoms with Gasteiger partial charge in [0.2, 0.25) is 5.91 Å². The zero-order valence-corrected chi connectivity index (χ0v) is 17.2. The second-order valence-electron chi connectivity index (χ2n) is 7.02. The van der Waals surface area contributed by atoms with Gasteiger partial charge in [-0.15, -0.1) is 0 Å². The minimum Gasteiger partial charge on any atom is -0.475 e. The molecule has 1 fully saturated rings. The molecule has 0 radical (unpaired) electrons. The maximum Gasteiger partial charge on any atom is 0.490 e. The molecule has 3 N–H and O–H groups in total. The number of hydrogen-bond donors (Lipinski definition) is 2. The third-order valence-electron chi connectivity index (χ3n) is 4.72. The van der Waals surface area contributed by atoms with E-state index < -0.39 is 12.1 Å². The summed E-state index contributed by atoms with van der Waals surface area (Å²) in [5.41, 5.74) is 7.84. The standard InChI is InChI=1S/C20H23N3O2.C2HF3O2/c21-14-16-7-6-8-17(13-16)20(25)23(18-9-2-1-3-10-18)15-19(24)22-11-4-5-12-22;3-2(4,5)1(6)7/h1-3,6-10,13H,4-5,11-12,14-15,21H2;(H,6,7). The Morgan fingerprint density at radius 1 is 1.00 bits per heavy atom. The van der Waals surface area contributed by atoms with Gasteiger partial charge in [-0.25, -0.2) is 4.79 Å². The number of nitrogens with two attached hydrogens (primary N) is 1. The third kappa shape index (κ3) is 7.09. The highest BCUT2D eigenvalue weighted by Gasteiger charge is 2.38. The first-order chi connectivity index (χ1) is 15.1. The summed E-state index contributed by atoms with van der Waals surface area (Å²) < 4.78 is 31.7. The van der Waals surface area contributed by atoms with E-state index in [-0.39, 0.29) is 18.4 Å². The van der Waals surface area contributed by atoms with E-state index >= 15 is 0 Å². The van der Waals surface area contributed by atoms with E-state index in [2.05, 4.69) is 0 Å². The van der Waals surface area contributed by atoms with E-state index in [1.807, 2.05) is 47.4 Å². The van der Waals surface area contributed by atoms with Gasteiger partial charge in [0.1, 0.15) is 6.54 Å². The first-order valence-corrected chi connectivity index (χ1v) is 9.87. The number of hydrogen-bond acceptors (Lipinski definition) is 4. The summed E-state index contributed by atoms with van der Waals surface area (Å²) in [4.78, 5) is 38.0. The average molecular weight is 451 g/mol. The van der Waals surface area contributed by atoms with Crippen LogP contribution in [0, 0.1) is 0 Å². The normalized spacial score (nSPS) is 13.2. The molecule has 0 atom stereocenters. The summed E-state index contributed by atoms with van der Waals surface area (Å²) in [6.45, 7) is 1.98. The van der Waals surface area contributed by atoms with Crippen molar-refractivity contribution in [3.8, 4) is 0 Å². The second-order valence-corrected chi connectivity index (χ2v) is 7.02. The van der Waals surface area contributed by atoms with E-state index in [9.17, 15) is 22.8 Å². The summed E-state index contributed by atoms with van der Waals surface area (Å²) >= 11 is 0. The fraction of sp³-hybridized carbons (Fsp3) is 0.318. The Morgan fingerprint density at radius 2 is 1.59 bits per heavy atom. The molecule has 32 heavy (non-hydrogen) atoms. The quantitative estimate of drug-likeness (QED) is 0.727. The number of para-hydroxylation sites is 1. The van der Waals surface area contributed by atoms with Gasteiger partial charge >= 0.3 is 12.1 Å². The number of carboxylic acids is 1. The van der Waals surface area contributed by atoms with E-state index in [0.717, 1.165) is 37.2 Å². The Hall–Kier alpha value is -3.40. The molecule has 7 nitrogen and oxygen atoms in total. The second kappa shape index (κ2) is 11.3. The van der Waals surface area contributed by atoms with Crippen molar-refractivity contribution in [1.82, 2.24) is 4.90 Å². The SMILES string of the molecule is NCc1cccc(C(=O)N(CC(=O)N2CCCC2)c2ccccc2)c1.O=C(O)C(F)(F)F. The molecule has 172 valence electrons. The maximum absolute atomic E-state index is 13.1. The van der Waals surface area contributed by atoms with Gasteiger partial charge in [-0.05, 0) is 42.7 Å². The van der Waals surface area contributed by atoms with Crippen molar-refractivity contribution in [3.05, 3.63) is 65.7 Å². The topological polar surface area (TPSA) is 104 Å². The number of nitrogens with zero attached hydrogens (tertiary/aromatic N) is 2. The van der Waals surface area contributed by atoms with Crippen LogP contribution in [0.1, 0.15) is 28.8 Å². The molecule has 2 amide bonds. The lowest BCUT2D eigenvalue weighted by atomic mass is 10.1. The Kier molecular flexibility index (Phi) is 8.77. The first-order valence-electron chi connectivity index (χ1n) is 9.87. The summed E-state index contributed by atoms with van der Waals surface area (Å²) in [6.07, 6.45) is -3.02. The van der Waals surface area contributed by atoms with Gasteiger partial charge in [-0.1, -0.05) is 30.3 Å². The fourth-order valence-corrected chi connectivity index (χ4v) is 3.08. The lowest BCUT2D eigenvalue weighted by molar-refractivity contribution is -0.192. The molecule has 0 unspecified atom stereocenters. The number of carboxylic acid groups (broad SMARTS) is 1. The molecule has 0 aromatic heterocycles. The van der Waals surface area contributed by atoms with Gasteiger partial charge in [0.25, 0.3) is 5.91 Å². The van der Waals surface area contributed by atoms with Crippen LogP contribution in [0.25, 0.3) is 0 Å². The molecular weight excluding hydrogens is 427 g/mol. The average Bonchev–Trinajstić information content (AvgIpc) is 3.32. The van der Waals surface area contributed by atoms with Crippen LogP contribution >= 0.6 is 0 Å². The van der Waals surface area contributed by atoms with Crippen LogP contribution in [0.4, 0.5) is 18.9 Å². The molecule has 3 rings (SSSR count). The van der Waals surface area contributed by atoms with Crippen molar-refractivity contribution < 1.29 is 32.7 Å². The number of benzene rings is 2. The van der Waals surface area contributed by atoms with Gasteiger partial charge in [0.05, 0.1) is 0 Å². The number of alkyl halides is 3. The van der Waals surface area contributed by atoms with Crippen LogP contribution in [-0.4, -0.2) is 53.6 Å². The monoisotopic (exact) mass is 451 g/mol. The summed E-state index contributed by atoms with van der Waals surface area (Å²) in [5, 5.41) is 7.12. The van der Waals surface area contributed by atoms with Crippen LogP contribution in [0.3, 0.4) is 0 Å². The van der Waals surface area contributed by atoms with Crippen molar-refractivity contribution in [2.75, 3.05) is 24.5 Å². The predicted molar refractivity (Wildman–Crippen MR) is 112 cm³/mol. The van der Waals surface area contributed by atoms with Gasteiger partial charge in [-0.2, -0.15) is 13.2 Å². The molecule has 1 saturated heterocycles. The van der Waals surface area contributed by atoms with Crippen molar-refractivity contribution in [1.29, 1.82) is 0 Å². The molecule has 1 aliphatic rings. The lowest BCUT2D eigenvalue weighted by Crippen LogP contribution is -2.42. The van der Waals surface area contributed by atoms with Crippen LogP contribution in [0.5, 0.6) is 0 Å². The van der Waals surface area contributed by atoms with E-state index in [0.29, 0.717) is 12.1 Å². The molecule has 0 saturated carbocycles. The largest absolute Gasteiger partial charge is 0.490 e. The van der Waals surface area contributed by atoms with Gasteiger partial charge in [0, 0.05) is 30.9 Å². The molecule has 0 spiro atoms. The number of halogens is 3. The fourth-order valence-electron chi connectivity index (χ4n) is 3.08.